The van der Waals surface area contributed by atoms with Crippen LogP contribution in [0.15, 0.2) is 5.10 Å². The van der Waals surface area contributed by atoms with E-state index < -0.39 is 0 Å². The topological polar surface area (TPSA) is 27.6 Å². The Morgan fingerprint density at radius 2 is 2.60 bits per heavy atom. The van der Waals surface area contributed by atoms with Crippen molar-refractivity contribution in [1.29, 1.82) is 0 Å². The molecule has 0 saturated carbocycles. The van der Waals surface area contributed by atoms with Gasteiger partial charge in [-0.25, -0.2) is 0 Å². The lowest BCUT2D eigenvalue weighted by Gasteiger charge is -2.28. The maximum atomic E-state index is 4.25. The molecule has 1 N–H and O–H groups in total. The average molecular weight is 139 g/mol. The summed E-state index contributed by atoms with van der Waals surface area (Å²) in [5.74, 6) is 0.714. The number of hydrogen-bond donors (Lipinski definition) is 1. The van der Waals surface area contributed by atoms with Gasteiger partial charge in [-0.15, -0.1) is 0 Å². The zero-order chi connectivity index (χ0) is 6.97. The molecule has 56 valence electrons. The number of nitrogens with zero attached hydrogens (tertiary/aromatic N) is 2. The van der Waals surface area contributed by atoms with E-state index in [0.717, 1.165) is 13.1 Å². The fourth-order valence-electron chi connectivity index (χ4n) is 1.72. The first-order valence-electron chi connectivity index (χ1n) is 3.85. The van der Waals surface area contributed by atoms with Gasteiger partial charge in [-0.2, -0.15) is 5.10 Å². The monoisotopic (exact) mass is 139 g/mol. The van der Waals surface area contributed by atoms with Crippen LogP contribution in [0.1, 0.15) is 6.42 Å². The molecule has 2 aliphatic rings. The Labute approximate surface area is 61.1 Å². The average Bonchev–Trinajstić information content (AvgIpc) is 2.34. The molecule has 0 aromatic rings. The number of nitrogens with one attached hydrogen (secondary N) is 1. The minimum absolute atomic E-state index is 0.633. The second-order valence-corrected chi connectivity index (χ2v) is 3.06. The lowest BCUT2D eigenvalue weighted by atomic mass is 9.95. The van der Waals surface area contributed by atoms with Crippen molar-refractivity contribution in [2.45, 2.75) is 12.5 Å². The van der Waals surface area contributed by atoms with Crippen molar-refractivity contribution in [3.8, 4) is 0 Å². The Balaban J connectivity index is 2.07. The van der Waals surface area contributed by atoms with E-state index in [1.807, 2.05) is 7.05 Å². The highest BCUT2D eigenvalue weighted by Gasteiger charge is 2.30. The van der Waals surface area contributed by atoms with Crippen LogP contribution < -0.4 is 5.32 Å². The third-order valence-electron chi connectivity index (χ3n) is 2.42. The van der Waals surface area contributed by atoms with Crippen LogP contribution in [-0.4, -0.2) is 37.4 Å². The Morgan fingerprint density at radius 3 is 3.40 bits per heavy atom. The van der Waals surface area contributed by atoms with Gasteiger partial charge in [-0.3, -0.25) is 5.01 Å². The number of hydrogen-bond acceptors (Lipinski definition) is 3. The fraction of sp³-hybridized carbons (Fsp3) is 0.857. The van der Waals surface area contributed by atoms with Crippen LogP contribution in [0.25, 0.3) is 0 Å². The molecule has 1 fully saturated rings. The van der Waals surface area contributed by atoms with Gasteiger partial charge in [0.25, 0.3) is 0 Å². The third-order valence-corrected chi connectivity index (χ3v) is 2.42. The van der Waals surface area contributed by atoms with E-state index in [-0.39, 0.29) is 0 Å². The largest absolute Gasteiger partial charge is 0.315 e. The standard InChI is InChI=1S/C7H13N3/c1-10-7-5-8-3-2-6(7)4-9-10/h4,6-8H,2-3,5H2,1H3. The van der Waals surface area contributed by atoms with Gasteiger partial charge in [0, 0.05) is 25.7 Å². The van der Waals surface area contributed by atoms with E-state index in [4.69, 9.17) is 0 Å². The van der Waals surface area contributed by atoms with Crippen molar-refractivity contribution in [2.75, 3.05) is 20.1 Å². The van der Waals surface area contributed by atoms with Crippen molar-refractivity contribution in [3.63, 3.8) is 0 Å². The molecule has 0 aliphatic carbocycles. The smallest absolute Gasteiger partial charge is 0.0670 e. The molecule has 0 aromatic heterocycles. The van der Waals surface area contributed by atoms with Gasteiger partial charge in [0.2, 0.25) is 0 Å². The number of piperidine rings is 1. The molecule has 2 atom stereocenters. The van der Waals surface area contributed by atoms with Crippen LogP contribution in [0.3, 0.4) is 0 Å². The molecule has 0 radical (unpaired) electrons. The summed E-state index contributed by atoms with van der Waals surface area (Å²) in [4.78, 5) is 0. The van der Waals surface area contributed by atoms with E-state index in [1.54, 1.807) is 0 Å². The first-order chi connectivity index (χ1) is 4.88. The highest BCUT2D eigenvalue weighted by molar-refractivity contribution is 5.63. The molecule has 0 spiro atoms. The second-order valence-electron chi connectivity index (χ2n) is 3.06. The van der Waals surface area contributed by atoms with Gasteiger partial charge < -0.3 is 5.32 Å². The summed E-state index contributed by atoms with van der Waals surface area (Å²) < 4.78 is 0. The number of rotatable bonds is 0. The summed E-state index contributed by atoms with van der Waals surface area (Å²) in [5.41, 5.74) is 0. The molecule has 2 heterocycles. The number of fused-ring (bicyclic) bond motifs is 1. The van der Waals surface area contributed by atoms with E-state index >= 15 is 0 Å². The molecule has 0 bridgehead atoms. The summed E-state index contributed by atoms with van der Waals surface area (Å²) >= 11 is 0. The SMILES string of the molecule is CN1N=CC2CCNCC21. The summed E-state index contributed by atoms with van der Waals surface area (Å²) in [6, 6.07) is 0.633. The molecule has 3 heteroatoms. The fourth-order valence-corrected chi connectivity index (χ4v) is 1.72. The predicted octanol–water partition coefficient (Wildman–Crippen LogP) is -0.104. The van der Waals surface area contributed by atoms with Crippen LogP contribution in [0, 0.1) is 5.92 Å². The molecule has 2 aliphatic heterocycles. The Bertz CT molecular complexity index is 155. The molecular formula is C7H13N3. The van der Waals surface area contributed by atoms with Gasteiger partial charge in [-0.05, 0) is 13.0 Å². The predicted molar refractivity (Wildman–Crippen MR) is 41.0 cm³/mol. The van der Waals surface area contributed by atoms with Gasteiger partial charge in [0.15, 0.2) is 0 Å². The molecule has 2 rings (SSSR count). The quantitative estimate of drug-likeness (QED) is 0.507. The van der Waals surface area contributed by atoms with Crippen LogP contribution >= 0.6 is 0 Å². The lowest BCUT2D eigenvalue weighted by Crippen LogP contribution is -2.44. The maximum absolute atomic E-state index is 4.25. The molecular weight excluding hydrogens is 126 g/mol. The molecule has 1 saturated heterocycles. The third kappa shape index (κ3) is 0.814. The van der Waals surface area contributed by atoms with Crippen LogP contribution in [0.5, 0.6) is 0 Å². The summed E-state index contributed by atoms with van der Waals surface area (Å²) in [5, 5.41) is 9.68. The Hall–Kier alpha value is -0.570. The van der Waals surface area contributed by atoms with Crippen molar-refractivity contribution >= 4 is 6.21 Å². The molecule has 0 amide bonds. The Morgan fingerprint density at radius 1 is 1.70 bits per heavy atom. The van der Waals surface area contributed by atoms with Crippen LogP contribution in [0.4, 0.5) is 0 Å². The first-order valence-corrected chi connectivity index (χ1v) is 3.85. The highest BCUT2D eigenvalue weighted by atomic mass is 15.5. The van der Waals surface area contributed by atoms with Crippen LogP contribution in [0.2, 0.25) is 0 Å². The normalized spacial score (nSPS) is 38.3. The van der Waals surface area contributed by atoms with Gasteiger partial charge >= 0.3 is 0 Å². The molecule has 2 unspecified atom stereocenters. The van der Waals surface area contributed by atoms with Crippen molar-refractivity contribution in [3.05, 3.63) is 0 Å². The minimum atomic E-state index is 0.633. The first kappa shape index (κ1) is 6.16. The zero-order valence-electron chi connectivity index (χ0n) is 6.25. The molecule has 10 heavy (non-hydrogen) atoms. The molecule has 0 aromatic carbocycles. The summed E-state index contributed by atoms with van der Waals surface area (Å²) in [6.45, 7) is 2.25. The Kier molecular flexibility index (Phi) is 1.38. The highest BCUT2D eigenvalue weighted by Crippen LogP contribution is 2.20. The number of likely N-dealkylation sites (N-methyl/N-ethyl adjacent to an activating group) is 1. The number of hydrazone groups is 1. The van der Waals surface area contributed by atoms with Crippen molar-refractivity contribution in [1.82, 2.24) is 10.3 Å². The van der Waals surface area contributed by atoms with E-state index in [2.05, 4.69) is 21.6 Å². The van der Waals surface area contributed by atoms with Crippen LogP contribution in [-0.2, 0) is 0 Å². The summed E-state index contributed by atoms with van der Waals surface area (Å²) in [7, 11) is 2.05. The van der Waals surface area contributed by atoms with Crippen molar-refractivity contribution < 1.29 is 0 Å². The van der Waals surface area contributed by atoms with Gasteiger partial charge in [-0.1, -0.05) is 0 Å². The van der Waals surface area contributed by atoms with Gasteiger partial charge in [0.05, 0.1) is 6.04 Å². The van der Waals surface area contributed by atoms with E-state index in [1.165, 1.54) is 6.42 Å². The maximum Gasteiger partial charge on any atom is 0.0670 e. The minimum Gasteiger partial charge on any atom is -0.315 e. The van der Waals surface area contributed by atoms with Gasteiger partial charge in [0.1, 0.15) is 0 Å². The van der Waals surface area contributed by atoms with Crippen molar-refractivity contribution in [2.24, 2.45) is 11.0 Å². The zero-order valence-corrected chi connectivity index (χ0v) is 6.25. The van der Waals surface area contributed by atoms with E-state index in [9.17, 15) is 0 Å². The van der Waals surface area contributed by atoms with E-state index in [0.29, 0.717) is 12.0 Å². The second kappa shape index (κ2) is 2.23. The lowest BCUT2D eigenvalue weighted by molar-refractivity contribution is 0.211. The summed E-state index contributed by atoms with van der Waals surface area (Å²) in [6.07, 6.45) is 3.34. The molecule has 3 nitrogen and oxygen atoms in total.